The number of imide groups is 1. The van der Waals surface area contributed by atoms with Gasteiger partial charge < -0.3 is 10.2 Å². The fourth-order valence-electron chi connectivity index (χ4n) is 4.64. The van der Waals surface area contributed by atoms with Crippen LogP contribution in [0.3, 0.4) is 0 Å². The van der Waals surface area contributed by atoms with Crippen LogP contribution in [-0.4, -0.2) is 47.7 Å². The Balaban J connectivity index is 1.59. The Kier molecular flexibility index (Phi) is 8.06. The number of hydrogen-bond acceptors (Lipinski definition) is 6. The summed E-state index contributed by atoms with van der Waals surface area (Å²) in [6, 6.07) is 14.0. The zero-order valence-corrected chi connectivity index (χ0v) is 22.1. The van der Waals surface area contributed by atoms with E-state index < -0.39 is 12.0 Å². The number of pyridine rings is 1. The van der Waals surface area contributed by atoms with E-state index in [4.69, 9.17) is 11.6 Å². The highest BCUT2D eigenvalue weighted by molar-refractivity contribution is 7.14. The lowest BCUT2D eigenvalue weighted by Crippen LogP contribution is -2.69. The number of rotatable bonds is 9. The quantitative estimate of drug-likeness (QED) is 0.399. The van der Waals surface area contributed by atoms with Crippen molar-refractivity contribution >= 4 is 51.5 Å². The van der Waals surface area contributed by atoms with Crippen molar-refractivity contribution in [1.29, 1.82) is 0 Å². The minimum atomic E-state index is -0.861. The van der Waals surface area contributed by atoms with Gasteiger partial charge in [-0.2, -0.15) is 0 Å². The lowest BCUT2D eigenvalue weighted by Gasteiger charge is -2.46. The third-order valence-electron chi connectivity index (χ3n) is 6.67. The van der Waals surface area contributed by atoms with Crippen LogP contribution in [0.4, 0.5) is 10.8 Å². The van der Waals surface area contributed by atoms with Crippen molar-refractivity contribution in [3.63, 3.8) is 0 Å². The monoisotopic (exact) mass is 524 g/mol. The highest BCUT2D eigenvalue weighted by Gasteiger charge is 2.55. The highest BCUT2D eigenvalue weighted by atomic mass is 35.5. The number of amides is 3. The summed E-state index contributed by atoms with van der Waals surface area (Å²) in [5.41, 5.74) is 1.82. The molecule has 0 saturated carbocycles. The molecule has 0 unspecified atom stereocenters. The molecule has 1 fully saturated rings. The van der Waals surface area contributed by atoms with E-state index in [1.54, 1.807) is 26.4 Å². The first-order valence-electron chi connectivity index (χ1n) is 11.9. The first kappa shape index (κ1) is 25.9. The van der Waals surface area contributed by atoms with Crippen molar-refractivity contribution in [3.05, 3.63) is 76.3 Å². The lowest BCUT2D eigenvalue weighted by molar-refractivity contribution is -0.170. The van der Waals surface area contributed by atoms with Crippen molar-refractivity contribution < 1.29 is 14.4 Å². The fourth-order valence-corrected chi connectivity index (χ4v) is 5.54. The Labute approximate surface area is 220 Å². The van der Waals surface area contributed by atoms with E-state index in [0.29, 0.717) is 23.7 Å². The summed E-state index contributed by atoms with van der Waals surface area (Å²) in [7, 11) is 3.45. The summed E-state index contributed by atoms with van der Waals surface area (Å²) >= 11 is 7.60. The van der Waals surface area contributed by atoms with Gasteiger partial charge in [-0.05, 0) is 71.7 Å². The van der Waals surface area contributed by atoms with E-state index in [9.17, 15) is 14.4 Å². The van der Waals surface area contributed by atoms with Gasteiger partial charge in [-0.25, -0.2) is 4.98 Å². The number of likely N-dealkylation sites (tertiary alicyclic amines) is 1. The van der Waals surface area contributed by atoms with Crippen molar-refractivity contribution in [2.24, 2.45) is 5.92 Å². The molecule has 188 valence electrons. The van der Waals surface area contributed by atoms with Gasteiger partial charge in [0, 0.05) is 31.7 Å². The van der Waals surface area contributed by atoms with Crippen LogP contribution in [0.5, 0.6) is 0 Å². The topological polar surface area (TPSA) is 82.6 Å². The van der Waals surface area contributed by atoms with Gasteiger partial charge in [0.25, 0.3) is 5.91 Å². The minimum Gasteiger partial charge on any atom is -0.373 e. The predicted octanol–water partition coefficient (Wildman–Crippen LogP) is 4.98. The van der Waals surface area contributed by atoms with E-state index in [1.165, 1.54) is 21.1 Å². The molecule has 7 nitrogen and oxygen atoms in total. The second-order valence-corrected chi connectivity index (χ2v) is 10.2. The van der Waals surface area contributed by atoms with Crippen LogP contribution in [0.1, 0.15) is 36.8 Å². The van der Waals surface area contributed by atoms with Gasteiger partial charge in [-0.15, -0.1) is 11.3 Å². The Bertz CT molecular complexity index is 1250. The summed E-state index contributed by atoms with van der Waals surface area (Å²) in [6.45, 7) is 2.00. The molecule has 3 heterocycles. The van der Waals surface area contributed by atoms with E-state index in [0.717, 1.165) is 16.1 Å². The zero-order chi connectivity index (χ0) is 25.8. The van der Waals surface area contributed by atoms with E-state index in [1.807, 2.05) is 54.8 Å². The molecule has 1 aliphatic heterocycles. The Morgan fingerprint density at radius 3 is 2.69 bits per heavy atom. The molecule has 0 radical (unpaired) electrons. The summed E-state index contributed by atoms with van der Waals surface area (Å²) in [6.07, 6.45) is 2.84. The molecule has 2 aromatic heterocycles. The number of carbonyl (C=O) groups excluding carboxylic acids is 3. The number of hydrogen-bond donors (Lipinski definition) is 1. The molecule has 0 bridgehead atoms. The van der Waals surface area contributed by atoms with E-state index >= 15 is 0 Å². The maximum absolute atomic E-state index is 13.6. The Morgan fingerprint density at radius 2 is 2.03 bits per heavy atom. The molecule has 1 aliphatic rings. The van der Waals surface area contributed by atoms with E-state index in [2.05, 4.69) is 10.3 Å². The molecule has 36 heavy (non-hydrogen) atoms. The lowest BCUT2D eigenvalue weighted by atomic mass is 9.80. The maximum Gasteiger partial charge on any atom is 0.251 e. The van der Waals surface area contributed by atoms with Gasteiger partial charge in [0.05, 0.1) is 10.9 Å². The van der Waals surface area contributed by atoms with Gasteiger partial charge in [-0.1, -0.05) is 30.7 Å². The Morgan fingerprint density at radius 1 is 1.22 bits per heavy atom. The average molecular weight is 525 g/mol. The molecule has 9 heteroatoms. The number of likely N-dealkylation sites (N-methyl/N-ethyl adjacent to an activating group) is 1. The molecular weight excluding hydrogens is 496 g/mol. The molecule has 3 atom stereocenters. The number of nitrogens with zero attached hydrogens (tertiary/aromatic N) is 3. The van der Waals surface area contributed by atoms with Gasteiger partial charge >= 0.3 is 0 Å². The number of halogens is 1. The van der Waals surface area contributed by atoms with Crippen molar-refractivity contribution in [3.8, 4) is 0 Å². The zero-order valence-electron chi connectivity index (χ0n) is 20.5. The SMILES string of the molecule is CC[C@@H](CC(=O)N1C(=O)[C@H](Cc2ccnc(NC)c2)[C@H]1C(=O)N(C)c1cccs1)c1cccc(Cl)c1. The van der Waals surface area contributed by atoms with Gasteiger partial charge in [0.1, 0.15) is 11.9 Å². The van der Waals surface area contributed by atoms with Crippen molar-refractivity contribution in [2.45, 2.75) is 38.1 Å². The van der Waals surface area contributed by atoms with Crippen LogP contribution in [0.2, 0.25) is 5.02 Å². The first-order chi connectivity index (χ1) is 17.3. The number of β-lactam (4-membered cyclic amide) rings is 1. The molecule has 0 aliphatic carbocycles. The maximum atomic E-state index is 13.6. The predicted molar refractivity (Wildman–Crippen MR) is 143 cm³/mol. The highest BCUT2D eigenvalue weighted by Crippen LogP contribution is 2.36. The van der Waals surface area contributed by atoms with Crippen LogP contribution in [0, 0.1) is 5.92 Å². The van der Waals surface area contributed by atoms with Crippen LogP contribution in [0.15, 0.2) is 60.1 Å². The van der Waals surface area contributed by atoms with E-state index in [-0.39, 0.29) is 30.1 Å². The van der Waals surface area contributed by atoms with Crippen molar-refractivity contribution in [2.75, 3.05) is 24.3 Å². The summed E-state index contributed by atoms with van der Waals surface area (Å²) in [5.74, 6) is -0.977. The number of thiophene rings is 1. The standard InChI is InChI=1S/C27H29ClN4O3S/c1-4-18(19-7-5-8-20(28)15-19)16-23(33)32-25(27(35)31(3)24-9-6-12-36-24)21(26(32)34)13-17-10-11-30-22(14-17)29-2/h5-12,14-15,18,21,25H,4,13,16H2,1-3H3,(H,29,30)/t18-,21+,25-/m0/s1. The third-order valence-corrected chi connectivity index (χ3v) is 7.85. The van der Waals surface area contributed by atoms with Crippen LogP contribution in [0.25, 0.3) is 0 Å². The molecule has 1 N–H and O–H groups in total. The largest absolute Gasteiger partial charge is 0.373 e. The van der Waals surface area contributed by atoms with Crippen LogP contribution < -0.4 is 10.2 Å². The molecular formula is C27H29ClN4O3S. The molecule has 3 amide bonds. The molecule has 1 aromatic carbocycles. The minimum absolute atomic E-state index is 0.104. The third kappa shape index (κ3) is 5.29. The summed E-state index contributed by atoms with van der Waals surface area (Å²) < 4.78 is 0. The number of nitrogens with one attached hydrogen (secondary N) is 1. The second-order valence-electron chi connectivity index (χ2n) is 8.87. The fraction of sp³-hybridized carbons (Fsp3) is 0.333. The smallest absolute Gasteiger partial charge is 0.251 e. The molecule has 4 rings (SSSR count). The van der Waals surface area contributed by atoms with Crippen molar-refractivity contribution in [1.82, 2.24) is 9.88 Å². The first-order valence-corrected chi connectivity index (χ1v) is 13.1. The summed E-state index contributed by atoms with van der Waals surface area (Å²) in [5, 5.41) is 6.24. The number of aromatic nitrogens is 1. The summed E-state index contributed by atoms with van der Waals surface area (Å²) in [4.78, 5) is 47.4. The second kappa shape index (κ2) is 11.2. The molecule has 0 spiro atoms. The van der Waals surface area contributed by atoms with Gasteiger partial charge in [-0.3, -0.25) is 19.3 Å². The average Bonchev–Trinajstić information content (AvgIpc) is 3.43. The van der Waals surface area contributed by atoms with Gasteiger partial charge in [0.2, 0.25) is 11.8 Å². The van der Waals surface area contributed by atoms with Crippen LogP contribution >= 0.6 is 22.9 Å². The molecule has 1 saturated heterocycles. The van der Waals surface area contributed by atoms with Crippen LogP contribution in [-0.2, 0) is 20.8 Å². The number of carbonyl (C=O) groups is 3. The number of benzene rings is 1. The normalized spacial score (nSPS) is 17.9. The van der Waals surface area contributed by atoms with Gasteiger partial charge in [0.15, 0.2) is 0 Å². The molecule has 3 aromatic rings. The number of anilines is 2. The Hall–Kier alpha value is -3.23.